The van der Waals surface area contributed by atoms with Gasteiger partial charge < -0.3 is 0 Å². The lowest BCUT2D eigenvalue weighted by atomic mass is 9.94. The number of fused-ring (bicyclic) bond motifs is 6. The molecule has 0 bridgehead atoms. The largest absolute Gasteiger partial charge is 0.0988 e. The number of hydrogen-bond donors (Lipinski definition) is 0. The van der Waals surface area contributed by atoms with Crippen molar-refractivity contribution in [3.8, 4) is 0 Å². The molecule has 0 nitrogen and oxygen atoms in total. The maximum Gasteiger partial charge on any atom is -0.00196 e. The predicted molar refractivity (Wildman–Crippen MR) is 101 cm³/mol. The highest BCUT2D eigenvalue weighted by atomic mass is 14.2. The normalized spacial score (nSPS) is 13.5. The fourth-order valence-corrected chi connectivity index (χ4v) is 3.81. The SMILES string of the molecule is C=CC1=Cc2c(ccc3c2ccc2cc4ccccc4cc23)C1. The van der Waals surface area contributed by atoms with Crippen molar-refractivity contribution in [1.82, 2.24) is 0 Å². The second-order valence-corrected chi connectivity index (χ2v) is 6.32. The molecule has 0 aliphatic heterocycles. The lowest BCUT2D eigenvalue weighted by Gasteiger charge is -2.09. The molecule has 0 atom stereocenters. The summed E-state index contributed by atoms with van der Waals surface area (Å²) in [5, 5.41) is 7.94. The molecular weight excluding hydrogens is 276 g/mol. The first kappa shape index (κ1) is 12.7. The summed E-state index contributed by atoms with van der Waals surface area (Å²) >= 11 is 0. The van der Waals surface area contributed by atoms with Crippen LogP contribution in [0.25, 0.3) is 38.4 Å². The van der Waals surface area contributed by atoms with Crippen molar-refractivity contribution in [2.45, 2.75) is 6.42 Å². The lowest BCUT2D eigenvalue weighted by molar-refractivity contribution is 1.26. The van der Waals surface area contributed by atoms with Crippen LogP contribution < -0.4 is 0 Å². The summed E-state index contributed by atoms with van der Waals surface area (Å²) in [5.41, 5.74) is 4.09. The van der Waals surface area contributed by atoms with E-state index in [2.05, 4.69) is 73.3 Å². The third-order valence-electron chi connectivity index (χ3n) is 5.00. The van der Waals surface area contributed by atoms with E-state index in [-0.39, 0.29) is 0 Å². The summed E-state index contributed by atoms with van der Waals surface area (Å²) in [6.45, 7) is 3.92. The van der Waals surface area contributed by atoms with Gasteiger partial charge in [-0.3, -0.25) is 0 Å². The Labute approximate surface area is 135 Å². The Balaban J connectivity index is 1.92. The first-order valence-corrected chi connectivity index (χ1v) is 8.03. The van der Waals surface area contributed by atoms with Gasteiger partial charge >= 0.3 is 0 Å². The van der Waals surface area contributed by atoms with Crippen molar-refractivity contribution >= 4 is 38.4 Å². The summed E-state index contributed by atoms with van der Waals surface area (Å²) in [4.78, 5) is 0. The van der Waals surface area contributed by atoms with Gasteiger partial charge in [-0.25, -0.2) is 0 Å². The number of allylic oxidation sites excluding steroid dienone is 2. The molecule has 4 aromatic rings. The van der Waals surface area contributed by atoms with Crippen molar-refractivity contribution in [2.24, 2.45) is 0 Å². The Morgan fingerprint density at radius 2 is 1.52 bits per heavy atom. The Morgan fingerprint density at radius 3 is 2.35 bits per heavy atom. The van der Waals surface area contributed by atoms with Crippen molar-refractivity contribution in [3.63, 3.8) is 0 Å². The van der Waals surface area contributed by atoms with Crippen LogP contribution in [-0.2, 0) is 6.42 Å². The van der Waals surface area contributed by atoms with E-state index in [0.29, 0.717) is 0 Å². The minimum Gasteiger partial charge on any atom is -0.0988 e. The highest BCUT2D eigenvalue weighted by Gasteiger charge is 2.14. The van der Waals surface area contributed by atoms with Gasteiger partial charge in [-0.1, -0.05) is 67.3 Å². The molecule has 0 spiro atoms. The van der Waals surface area contributed by atoms with Crippen LogP contribution in [0.15, 0.2) is 78.9 Å². The van der Waals surface area contributed by atoms with Crippen LogP contribution >= 0.6 is 0 Å². The standard InChI is InChI=1S/C23H16/c1-2-15-11-18-7-9-21-20(22(18)12-15)10-8-19-13-16-5-3-4-6-17(16)14-23(19)21/h2-10,12-14H,1,11H2. The maximum atomic E-state index is 3.92. The zero-order valence-electron chi connectivity index (χ0n) is 12.8. The molecule has 0 heterocycles. The van der Waals surface area contributed by atoms with E-state index >= 15 is 0 Å². The van der Waals surface area contributed by atoms with Crippen LogP contribution in [0.1, 0.15) is 11.1 Å². The average molecular weight is 292 g/mol. The van der Waals surface area contributed by atoms with Crippen molar-refractivity contribution in [2.75, 3.05) is 0 Å². The molecule has 0 N–H and O–H groups in total. The second-order valence-electron chi connectivity index (χ2n) is 6.32. The average Bonchev–Trinajstić information content (AvgIpc) is 3.03. The Kier molecular flexibility index (Phi) is 2.51. The summed E-state index contributed by atoms with van der Waals surface area (Å²) in [6, 6.07) is 22.3. The zero-order chi connectivity index (χ0) is 15.4. The van der Waals surface area contributed by atoms with E-state index in [1.165, 1.54) is 49.0 Å². The Bertz CT molecular complexity index is 1140. The molecule has 5 rings (SSSR count). The molecular formula is C23H16. The van der Waals surface area contributed by atoms with Gasteiger partial charge in [0.2, 0.25) is 0 Å². The summed E-state index contributed by atoms with van der Waals surface area (Å²) < 4.78 is 0. The van der Waals surface area contributed by atoms with Crippen molar-refractivity contribution in [3.05, 3.63) is 90.0 Å². The minimum atomic E-state index is 1.00. The van der Waals surface area contributed by atoms with Gasteiger partial charge in [-0.15, -0.1) is 0 Å². The van der Waals surface area contributed by atoms with Gasteiger partial charge in [0.05, 0.1) is 0 Å². The topological polar surface area (TPSA) is 0 Å². The molecule has 1 aliphatic carbocycles. The molecule has 0 saturated carbocycles. The van der Waals surface area contributed by atoms with Gasteiger partial charge in [-0.05, 0) is 67.6 Å². The molecule has 0 amide bonds. The van der Waals surface area contributed by atoms with E-state index in [4.69, 9.17) is 0 Å². The van der Waals surface area contributed by atoms with Crippen LogP contribution in [0.4, 0.5) is 0 Å². The molecule has 0 aromatic heterocycles. The molecule has 1 aliphatic rings. The van der Waals surface area contributed by atoms with Crippen LogP contribution in [0.3, 0.4) is 0 Å². The summed E-state index contributed by atoms with van der Waals surface area (Å²) in [5.74, 6) is 0. The zero-order valence-corrected chi connectivity index (χ0v) is 12.8. The monoisotopic (exact) mass is 292 g/mol. The summed E-state index contributed by atoms with van der Waals surface area (Å²) in [7, 11) is 0. The van der Waals surface area contributed by atoms with Crippen molar-refractivity contribution in [1.29, 1.82) is 0 Å². The van der Waals surface area contributed by atoms with Gasteiger partial charge in [0.1, 0.15) is 0 Å². The fourth-order valence-electron chi connectivity index (χ4n) is 3.81. The van der Waals surface area contributed by atoms with Gasteiger partial charge in [0.15, 0.2) is 0 Å². The molecule has 23 heavy (non-hydrogen) atoms. The lowest BCUT2D eigenvalue weighted by Crippen LogP contribution is -1.86. The van der Waals surface area contributed by atoms with E-state index < -0.39 is 0 Å². The molecule has 0 unspecified atom stereocenters. The molecule has 0 heteroatoms. The first-order valence-electron chi connectivity index (χ1n) is 8.03. The number of benzene rings is 4. The van der Waals surface area contributed by atoms with Crippen molar-refractivity contribution < 1.29 is 0 Å². The maximum absolute atomic E-state index is 3.92. The molecule has 4 aromatic carbocycles. The Morgan fingerprint density at radius 1 is 0.739 bits per heavy atom. The highest BCUT2D eigenvalue weighted by molar-refractivity contribution is 6.14. The van der Waals surface area contributed by atoms with E-state index in [9.17, 15) is 0 Å². The van der Waals surface area contributed by atoms with Crippen LogP contribution in [-0.4, -0.2) is 0 Å². The van der Waals surface area contributed by atoms with E-state index in [1.807, 2.05) is 6.08 Å². The van der Waals surface area contributed by atoms with Gasteiger partial charge in [0.25, 0.3) is 0 Å². The summed E-state index contributed by atoms with van der Waals surface area (Å²) in [6.07, 6.45) is 5.27. The Hall–Kier alpha value is -2.86. The smallest absolute Gasteiger partial charge is 0.00196 e. The van der Waals surface area contributed by atoms with E-state index in [0.717, 1.165) is 6.42 Å². The molecule has 0 radical (unpaired) electrons. The third kappa shape index (κ3) is 1.78. The predicted octanol–water partition coefficient (Wildman–Crippen LogP) is 6.27. The molecule has 0 saturated heterocycles. The molecule has 108 valence electrons. The second kappa shape index (κ2) is 4.57. The van der Waals surface area contributed by atoms with Crippen LogP contribution in [0.2, 0.25) is 0 Å². The third-order valence-corrected chi connectivity index (χ3v) is 5.00. The van der Waals surface area contributed by atoms with Gasteiger partial charge in [0, 0.05) is 0 Å². The quantitative estimate of drug-likeness (QED) is 0.286. The number of hydrogen-bond acceptors (Lipinski definition) is 0. The van der Waals surface area contributed by atoms with Crippen LogP contribution in [0, 0.1) is 0 Å². The number of rotatable bonds is 1. The van der Waals surface area contributed by atoms with Gasteiger partial charge in [-0.2, -0.15) is 0 Å². The highest BCUT2D eigenvalue weighted by Crippen LogP contribution is 2.36. The van der Waals surface area contributed by atoms with E-state index in [1.54, 1.807) is 0 Å². The minimum absolute atomic E-state index is 1.00. The van der Waals surface area contributed by atoms with Crippen LogP contribution in [0.5, 0.6) is 0 Å². The first-order chi connectivity index (χ1) is 11.3. The fraction of sp³-hybridized carbons (Fsp3) is 0.0435. The molecule has 0 fully saturated rings.